The van der Waals surface area contributed by atoms with Crippen LogP contribution in [0.4, 0.5) is 14.5 Å². The van der Waals surface area contributed by atoms with Crippen LogP contribution in [0.2, 0.25) is 0 Å². The molecule has 0 saturated carbocycles. The van der Waals surface area contributed by atoms with Gasteiger partial charge in [-0.2, -0.15) is 5.10 Å². The third-order valence-corrected chi connectivity index (χ3v) is 4.21. The molecule has 1 saturated heterocycles. The molecule has 1 fully saturated rings. The predicted octanol–water partition coefficient (Wildman–Crippen LogP) is 3.83. The smallest absolute Gasteiger partial charge is 0.151 e. The van der Waals surface area contributed by atoms with E-state index in [9.17, 15) is 8.78 Å². The van der Waals surface area contributed by atoms with Crippen molar-refractivity contribution >= 4 is 11.4 Å². The summed E-state index contributed by atoms with van der Waals surface area (Å²) in [6.07, 6.45) is 0. The number of hydrogen-bond acceptors (Lipinski definition) is 4. The monoisotopic (exact) mass is 345 g/mol. The van der Waals surface area contributed by atoms with E-state index >= 15 is 0 Å². The lowest BCUT2D eigenvalue weighted by atomic mass is 10.0. The number of benzene rings is 2. The molecule has 1 aliphatic heterocycles. The Morgan fingerprint density at radius 1 is 1.12 bits per heavy atom. The average molecular weight is 345 g/mol. The number of rotatable bonds is 5. The minimum Gasteiger partial charge on any atom is -0.379 e. The van der Waals surface area contributed by atoms with E-state index in [4.69, 9.17) is 4.74 Å². The van der Waals surface area contributed by atoms with Crippen molar-refractivity contribution < 1.29 is 13.5 Å². The molecule has 6 heteroatoms. The second-order valence-corrected chi connectivity index (χ2v) is 5.95. The molecule has 0 bridgehead atoms. The molecule has 0 amide bonds. The summed E-state index contributed by atoms with van der Waals surface area (Å²) in [6, 6.07) is 13.4. The van der Waals surface area contributed by atoms with Gasteiger partial charge in [0.1, 0.15) is 5.82 Å². The number of anilines is 1. The van der Waals surface area contributed by atoms with Gasteiger partial charge >= 0.3 is 0 Å². The molecule has 3 rings (SSSR count). The first-order chi connectivity index (χ1) is 12.1. The maximum atomic E-state index is 13.8. The standard InChI is InChI=1S/C19H21F2N3O/c1-14(22-23-18-8-7-16(20)13-17(18)21)19(15-5-3-2-4-6-15)24-9-11-25-12-10-24/h2-8,13,19,23H,9-12H2,1H3/b22-14-/t19-/m0/s1. The molecule has 1 aliphatic rings. The minimum atomic E-state index is -0.667. The van der Waals surface area contributed by atoms with Crippen molar-refractivity contribution in [3.63, 3.8) is 0 Å². The van der Waals surface area contributed by atoms with Gasteiger partial charge in [-0.25, -0.2) is 8.78 Å². The molecular formula is C19H21F2N3O. The first-order valence-electron chi connectivity index (χ1n) is 8.27. The molecule has 1 heterocycles. The number of nitrogens with zero attached hydrogens (tertiary/aromatic N) is 2. The van der Waals surface area contributed by atoms with Crippen molar-refractivity contribution in [2.75, 3.05) is 31.7 Å². The molecule has 1 N–H and O–H groups in total. The first kappa shape index (κ1) is 17.5. The Morgan fingerprint density at radius 2 is 1.84 bits per heavy atom. The number of halogens is 2. The minimum absolute atomic E-state index is 0.0268. The highest BCUT2D eigenvalue weighted by atomic mass is 19.1. The molecule has 132 valence electrons. The fraction of sp³-hybridized carbons (Fsp3) is 0.316. The summed E-state index contributed by atoms with van der Waals surface area (Å²) in [5.41, 5.74) is 4.79. The summed E-state index contributed by atoms with van der Waals surface area (Å²) in [5, 5.41) is 4.36. The van der Waals surface area contributed by atoms with E-state index in [1.54, 1.807) is 0 Å². The Balaban J connectivity index is 1.84. The van der Waals surface area contributed by atoms with E-state index in [0.717, 1.165) is 30.4 Å². The Hall–Kier alpha value is -2.31. The summed E-state index contributed by atoms with van der Waals surface area (Å²) in [7, 11) is 0. The number of nitrogens with one attached hydrogen (secondary N) is 1. The number of hydrogen-bond donors (Lipinski definition) is 1. The van der Waals surface area contributed by atoms with E-state index in [-0.39, 0.29) is 11.7 Å². The zero-order valence-electron chi connectivity index (χ0n) is 14.1. The van der Waals surface area contributed by atoms with E-state index in [0.29, 0.717) is 13.2 Å². The summed E-state index contributed by atoms with van der Waals surface area (Å²) < 4.78 is 32.2. The van der Waals surface area contributed by atoms with Crippen LogP contribution in [0.25, 0.3) is 0 Å². The van der Waals surface area contributed by atoms with Crippen molar-refractivity contribution in [1.29, 1.82) is 0 Å². The lowest BCUT2D eigenvalue weighted by Gasteiger charge is -2.34. The van der Waals surface area contributed by atoms with Crippen LogP contribution in [0.15, 0.2) is 53.6 Å². The van der Waals surface area contributed by atoms with Crippen LogP contribution in [-0.4, -0.2) is 36.9 Å². The number of ether oxygens (including phenoxy) is 1. The van der Waals surface area contributed by atoms with E-state index in [1.807, 2.05) is 25.1 Å². The molecule has 0 spiro atoms. The zero-order valence-corrected chi connectivity index (χ0v) is 14.1. The highest BCUT2D eigenvalue weighted by Crippen LogP contribution is 2.24. The van der Waals surface area contributed by atoms with Crippen molar-refractivity contribution in [1.82, 2.24) is 4.90 Å². The second kappa shape index (κ2) is 8.18. The van der Waals surface area contributed by atoms with Gasteiger partial charge in [0, 0.05) is 19.2 Å². The quantitative estimate of drug-likeness (QED) is 0.661. The molecule has 0 unspecified atom stereocenters. The van der Waals surface area contributed by atoms with Gasteiger partial charge in [0.05, 0.1) is 30.7 Å². The molecule has 4 nitrogen and oxygen atoms in total. The largest absolute Gasteiger partial charge is 0.379 e. The highest BCUT2D eigenvalue weighted by Gasteiger charge is 2.25. The van der Waals surface area contributed by atoms with Gasteiger partial charge in [0.15, 0.2) is 5.82 Å². The van der Waals surface area contributed by atoms with E-state index < -0.39 is 11.6 Å². The molecular weight excluding hydrogens is 324 g/mol. The maximum Gasteiger partial charge on any atom is 0.151 e. The topological polar surface area (TPSA) is 36.9 Å². The number of hydrazone groups is 1. The Kier molecular flexibility index (Phi) is 5.73. The fourth-order valence-corrected chi connectivity index (χ4v) is 2.98. The molecule has 25 heavy (non-hydrogen) atoms. The summed E-state index contributed by atoms with van der Waals surface area (Å²) in [5.74, 6) is -1.28. The molecule has 2 aromatic carbocycles. The van der Waals surface area contributed by atoms with Gasteiger partial charge in [-0.1, -0.05) is 30.3 Å². The highest BCUT2D eigenvalue weighted by molar-refractivity contribution is 5.89. The lowest BCUT2D eigenvalue weighted by molar-refractivity contribution is 0.0286. The third-order valence-electron chi connectivity index (χ3n) is 4.21. The molecule has 0 aliphatic carbocycles. The summed E-state index contributed by atoms with van der Waals surface area (Å²) in [4.78, 5) is 2.29. The molecule has 1 atom stereocenters. The second-order valence-electron chi connectivity index (χ2n) is 5.95. The SMILES string of the molecule is C/C(=N/Nc1ccc(F)cc1F)[C@@H](c1ccccc1)N1CCOCC1. The van der Waals surface area contributed by atoms with Crippen LogP contribution < -0.4 is 5.43 Å². The van der Waals surface area contributed by atoms with E-state index in [1.165, 1.54) is 12.1 Å². The Labute approximate surface area is 146 Å². The van der Waals surface area contributed by atoms with Crippen molar-refractivity contribution in [3.05, 3.63) is 65.7 Å². The molecule has 2 aromatic rings. The van der Waals surface area contributed by atoms with Gasteiger partial charge < -0.3 is 4.74 Å². The van der Waals surface area contributed by atoms with Gasteiger partial charge in [-0.05, 0) is 24.6 Å². The van der Waals surface area contributed by atoms with Gasteiger partial charge in [-0.3, -0.25) is 10.3 Å². The van der Waals surface area contributed by atoms with Crippen molar-refractivity contribution in [2.45, 2.75) is 13.0 Å². The maximum absolute atomic E-state index is 13.8. The van der Waals surface area contributed by atoms with Gasteiger partial charge in [-0.15, -0.1) is 0 Å². The Morgan fingerprint density at radius 3 is 2.52 bits per heavy atom. The lowest BCUT2D eigenvalue weighted by Crippen LogP contribution is -2.41. The van der Waals surface area contributed by atoms with Crippen molar-refractivity contribution in [2.24, 2.45) is 5.10 Å². The van der Waals surface area contributed by atoms with Crippen LogP contribution in [0.5, 0.6) is 0 Å². The van der Waals surface area contributed by atoms with Crippen LogP contribution in [0, 0.1) is 11.6 Å². The number of morpholine rings is 1. The van der Waals surface area contributed by atoms with Gasteiger partial charge in [0.2, 0.25) is 0 Å². The third kappa shape index (κ3) is 4.41. The molecule has 0 aromatic heterocycles. The summed E-state index contributed by atoms with van der Waals surface area (Å²) >= 11 is 0. The average Bonchev–Trinajstić information content (AvgIpc) is 2.63. The van der Waals surface area contributed by atoms with Crippen LogP contribution in [0.3, 0.4) is 0 Å². The summed E-state index contributed by atoms with van der Waals surface area (Å²) in [6.45, 7) is 4.86. The van der Waals surface area contributed by atoms with Crippen molar-refractivity contribution in [3.8, 4) is 0 Å². The normalized spacial score (nSPS) is 17.3. The fourth-order valence-electron chi connectivity index (χ4n) is 2.98. The van der Waals surface area contributed by atoms with Gasteiger partial charge in [0.25, 0.3) is 0 Å². The van der Waals surface area contributed by atoms with Crippen LogP contribution in [-0.2, 0) is 4.74 Å². The first-order valence-corrected chi connectivity index (χ1v) is 8.27. The van der Waals surface area contributed by atoms with Crippen LogP contribution >= 0.6 is 0 Å². The van der Waals surface area contributed by atoms with Crippen LogP contribution in [0.1, 0.15) is 18.5 Å². The Bertz CT molecular complexity index is 731. The zero-order chi connectivity index (χ0) is 17.6. The molecule has 0 radical (unpaired) electrons. The predicted molar refractivity (Wildman–Crippen MR) is 94.7 cm³/mol. The van der Waals surface area contributed by atoms with E-state index in [2.05, 4.69) is 27.6 Å².